The minimum absolute atomic E-state index is 0.0728. The van der Waals surface area contributed by atoms with E-state index in [9.17, 15) is 19.1 Å². The van der Waals surface area contributed by atoms with Crippen LogP contribution >= 0.6 is 15.9 Å². The van der Waals surface area contributed by atoms with Crippen molar-refractivity contribution < 1.29 is 19.1 Å². The molecule has 2 fully saturated rings. The SMILES string of the molecule is CC(Cc1ccc(Br)cc1F)NC(=O)C1CC(O)CN1C(=O)[C@@H](n1cc(C2CC2)nn1)C(C)(C)C. The van der Waals surface area contributed by atoms with Gasteiger partial charge in [-0.25, -0.2) is 9.07 Å². The molecule has 0 spiro atoms. The second-order valence-electron chi connectivity index (χ2n) is 10.9. The molecule has 190 valence electrons. The highest BCUT2D eigenvalue weighted by Crippen LogP contribution is 2.40. The van der Waals surface area contributed by atoms with Gasteiger partial charge in [0.25, 0.3) is 0 Å². The monoisotopic (exact) mass is 549 g/mol. The largest absolute Gasteiger partial charge is 0.391 e. The van der Waals surface area contributed by atoms with E-state index in [0.717, 1.165) is 18.5 Å². The Kier molecular flexibility index (Phi) is 7.33. The molecular formula is C25H33BrFN5O3. The fourth-order valence-electron chi connectivity index (χ4n) is 4.73. The van der Waals surface area contributed by atoms with Crippen molar-refractivity contribution in [3.8, 4) is 0 Å². The molecule has 0 radical (unpaired) electrons. The smallest absolute Gasteiger partial charge is 0.248 e. The van der Waals surface area contributed by atoms with Gasteiger partial charge in [0.2, 0.25) is 11.8 Å². The lowest BCUT2D eigenvalue weighted by atomic mass is 9.85. The van der Waals surface area contributed by atoms with E-state index in [1.165, 1.54) is 11.0 Å². The highest BCUT2D eigenvalue weighted by Gasteiger charge is 2.45. The van der Waals surface area contributed by atoms with Gasteiger partial charge in [0.05, 0.1) is 11.8 Å². The van der Waals surface area contributed by atoms with Crippen LogP contribution in [0.25, 0.3) is 0 Å². The van der Waals surface area contributed by atoms with Crippen molar-refractivity contribution in [1.29, 1.82) is 0 Å². The van der Waals surface area contributed by atoms with Gasteiger partial charge in [-0.3, -0.25) is 9.59 Å². The summed E-state index contributed by atoms with van der Waals surface area (Å²) < 4.78 is 16.5. The first-order chi connectivity index (χ1) is 16.4. The van der Waals surface area contributed by atoms with Crippen molar-refractivity contribution in [3.63, 3.8) is 0 Å². The maximum Gasteiger partial charge on any atom is 0.248 e. The maximum absolute atomic E-state index is 14.2. The van der Waals surface area contributed by atoms with Crippen LogP contribution in [0.2, 0.25) is 0 Å². The Bertz CT molecular complexity index is 1100. The number of rotatable bonds is 7. The number of aliphatic hydroxyl groups is 1. The lowest BCUT2D eigenvalue weighted by Crippen LogP contribution is -2.51. The fourth-order valence-corrected chi connectivity index (χ4v) is 5.07. The van der Waals surface area contributed by atoms with Crippen molar-refractivity contribution in [2.45, 2.75) is 83.5 Å². The molecular weight excluding hydrogens is 517 g/mol. The van der Waals surface area contributed by atoms with Gasteiger partial charge in [0, 0.05) is 35.6 Å². The summed E-state index contributed by atoms with van der Waals surface area (Å²) in [4.78, 5) is 28.5. The van der Waals surface area contributed by atoms with Crippen LogP contribution < -0.4 is 5.32 Å². The Morgan fingerprint density at radius 1 is 1.31 bits per heavy atom. The first-order valence-corrected chi connectivity index (χ1v) is 12.9. The second kappa shape index (κ2) is 9.97. The molecule has 1 saturated heterocycles. The number of likely N-dealkylation sites (tertiary alicyclic amines) is 1. The van der Waals surface area contributed by atoms with Crippen molar-refractivity contribution in [1.82, 2.24) is 25.2 Å². The van der Waals surface area contributed by atoms with Gasteiger partial charge in [0.15, 0.2) is 0 Å². The summed E-state index contributed by atoms with van der Waals surface area (Å²) >= 11 is 3.25. The molecule has 1 aromatic carbocycles. The first-order valence-electron chi connectivity index (χ1n) is 12.1. The zero-order chi connectivity index (χ0) is 25.5. The predicted octanol–water partition coefficient (Wildman–Crippen LogP) is 3.35. The van der Waals surface area contributed by atoms with Gasteiger partial charge in [-0.15, -0.1) is 5.10 Å². The van der Waals surface area contributed by atoms with Crippen LogP contribution in [0.1, 0.15) is 70.2 Å². The van der Waals surface area contributed by atoms with Crippen molar-refractivity contribution in [2.75, 3.05) is 6.54 Å². The number of hydrogen-bond donors (Lipinski definition) is 2. The molecule has 1 aliphatic heterocycles. The third kappa shape index (κ3) is 5.91. The third-order valence-electron chi connectivity index (χ3n) is 6.64. The molecule has 1 aromatic heterocycles. The number of aromatic nitrogens is 3. The average molecular weight is 550 g/mol. The van der Waals surface area contributed by atoms with Crippen molar-refractivity contribution in [3.05, 3.63) is 45.9 Å². The van der Waals surface area contributed by atoms with E-state index in [1.807, 2.05) is 27.0 Å². The quantitative estimate of drug-likeness (QED) is 0.551. The van der Waals surface area contributed by atoms with Gasteiger partial charge in [0.1, 0.15) is 17.9 Å². The summed E-state index contributed by atoms with van der Waals surface area (Å²) in [7, 11) is 0. The van der Waals surface area contributed by atoms with Gasteiger partial charge in [-0.1, -0.05) is 48.0 Å². The molecule has 3 unspecified atom stereocenters. The molecule has 1 aliphatic carbocycles. The van der Waals surface area contributed by atoms with Gasteiger partial charge in [-0.05, 0) is 49.3 Å². The molecule has 0 bridgehead atoms. The van der Waals surface area contributed by atoms with E-state index in [2.05, 4.69) is 31.6 Å². The Balaban J connectivity index is 1.49. The molecule has 2 N–H and O–H groups in total. The number of carbonyl (C=O) groups excluding carboxylic acids is 2. The Morgan fingerprint density at radius 3 is 2.66 bits per heavy atom. The van der Waals surface area contributed by atoms with Gasteiger partial charge < -0.3 is 15.3 Å². The van der Waals surface area contributed by atoms with E-state index in [1.54, 1.807) is 23.7 Å². The van der Waals surface area contributed by atoms with Crippen LogP contribution in [0.5, 0.6) is 0 Å². The summed E-state index contributed by atoms with van der Waals surface area (Å²) in [5.41, 5.74) is 0.884. The van der Waals surface area contributed by atoms with E-state index < -0.39 is 23.6 Å². The van der Waals surface area contributed by atoms with Crippen LogP contribution in [0.15, 0.2) is 28.9 Å². The molecule has 2 amide bonds. The number of amides is 2. The van der Waals surface area contributed by atoms with Gasteiger partial charge >= 0.3 is 0 Å². The standard InChI is InChI=1S/C25H33BrFN5O3/c1-14(9-16-7-8-17(26)10-19(16)27)28-23(34)21-11-18(33)12-31(21)24(35)22(25(2,3)4)32-13-20(29-30-32)15-5-6-15/h7-8,10,13-15,18,21-22,33H,5-6,9,11-12H2,1-4H3,(H,28,34)/t14?,18?,21?,22-/m1/s1. The fraction of sp³-hybridized carbons (Fsp3) is 0.600. The predicted molar refractivity (Wildman–Crippen MR) is 132 cm³/mol. The van der Waals surface area contributed by atoms with Crippen LogP contribution in [-0.4, -0.2) is 61.5 Å². The van der Waals surface area contributed by atoms with Gasteiger partial charge in [-0.2, -0.15) is 0 Å². The average Bonchev–Trinajstić information content (AvgIpc) is 3.36. The summed E-state index contributed by atoms with van der Waals surface area (Å²) in [6.07, 6.45) is 3.65. The molecule has 2 aliphatic rings. The van der Waals surface area contributed by atoms with E-state index in [4.69, 9.17) is 0 Å². The summed E-state index contributed by atoms with van der Waals surface area (Å²) in [5.74, 6) is -0.568. The second-order valence-corrected chi connectivity index (χ2v) is 11.8. The Morgan fingerprint density at radius 2 is 2.03 bits per heavy atom. The van der Waals surface area contributed by atoms with E-state index >= 15 is 0 Å². The summed E-state index contributed by atoms with van der Waals surface area (Å²) in [6, 6.07) is 2.99. The highest BCUT2D eigenvalue weighted by atomic mass is 79.9. The molecule has 1 saturated carbocycles. The summed E-state index contributed by atoms with van der Waals surface area (Å²) in [5, 5.41) is 21.8. The number of aliphatic hydroxyl groups excluding tert-OH is 1. The number of nitrogens with zero attached hydrogens (tertiary/aromatic N) is 4. The number of β-amino-alcohol motifs (C(OH)–C–C–N with tert-alkyl or cyclic N) is 1. The first kappa shape index (κ1) is 25.8. The maximum atomic E-state index is 14.2. The van der Waals surface area contributed by atoms with Crippen LogP contribution in [0.3, 0.4) is 0 Å². The minimum Gasteiger partial charge on any atom is -0.391 e. The number of hydrogen-bond acceptors (Lipinski definition) is 5. The lowest BCUT2D eigenvalue weighted by Gasteiger charge is -2.34. The van der Waals surface area contributed by atoms with Crippen LogP contribution in [0.4, 0.5) is 4.39 Å². The van der Waals surface area contributed by atoms with E-state index in [0.29, 0.717) is 22.4 Å². The molecule has 2 aromatic rings. The molecule has 10 heteroatoms. The molecule has 2 heterocycles. The molecule has 35 heavy (non-hydrogen) atoms. The number of carbonyl (C=O) groups is 2. The van der Waals surface area contributed by atoms with Crippen molar-refractivity contribution >= 4 is 27.7 Å². The molecule has 4 atom stereocenters. The van der Waals surface area contributed by atoms with Crippen LogP contribution in [-0.2, 0) is 16.0 Å². The zero-order valence-corrected chi connectivity index (χ0v) is 22.1. The topological polar surface area (TPSA) is 100 Å². The number of nitrogens with one attached hydrogen (secondary N) is 1. The van der Waals surface area contributed by atoms with Crippen LogP contribution in [0, 0.1) is 11.2 Å². The summed E-state index contributed by atoms with van der Waals surface area (Å²) in [6.45, 7) is 7.71. The number of benzene rings is 1. The zero-order valence-electron chi connectivity index (χ0n) is 20.5. The molecule has 4 rings (SSSR count). The normalized spacial score (nSPS) is 22.2. The Hall–Kier alpha value is -2.33. The minimum atomic E-state index is -0.814. The van der Waals surface area contributed by atoms with Crippen molar-refractivity contribution in [2.24, 2.45) is 5.41 Å². The highest BCUT2D eigenvalue weighted by molar-refractivity contribution is 9.10. The van der Waals surface area contributed by atoms with E-state index in [-0.39, 0.29) is 36.6 Å². The third-order valence-corrected chi connectivity index (χ3v) is 7.13. The lowest BCUT2D eigenvalue weighted by molar-refractivity contribution is -0.144. The number of halogens is 2. The Labute approximate surface area is 213 Å². The molecule has 8 nitrogen and oxygen atoms in total.